The van der Waals surface area contributed by atoms with E-state index in [0.717, 1.165) is 0 Å². The van der Waals surface area contributed by atoms with E-state index in [1.54, 1.807) is 6.92 Å². The molecule has 104 valence electrons. The first-order valence-electron chi connectivity index (χ1n) is 6.05. The number of nitro groups is 1. The van der Waals surface area contributed by atoms with Crippen LogP contribution in [0.5, 0.6) is 0 Å². The van der Waals surface area contributed by atoms with E-state index in [-0.39, 0.29) is 30.8 Å². The minimum absolute atomic E-state index is 0.00481. The fourth-order valence-corrected chi connectivity index (χ4v) is 1.86. The molecule has 0 saturated heterocycles. The summed E-state index contributed by atoms with van der Waals surface area (Å²) in [6.45, 7) is 5.43. The lowest BCUT2D eigenvalue weighted by Crippen LogP contribution is -2.39. The van der Waals surface area contributed by atoms with Gasteiger partial charge in [-0.3, -0.25) is 14.9 Å². The molecular weight excluding hydrogens is 248 g/mol. The quantitative estimate of drug-likeness (QED) is 0.650. The third-order valence-corrected chi connectivity index (χ3v) is 2.87. The van der Waals surface area contributed by atoms with Gasteiger partial charge in [-0.05, 0) is 32.9 Å². The SMILES string of the molecule is Cc1cc(C(=O)N(CCO)C(C)C)ccc1[N+](=O)[O-]. The van der Waals surface area contributed by atoms with Crippen LogP contribution < -0.4 is 0 Å². The minimum Gasteiger partial charge on any atom is -0.395 e. The maximum atomic E-state index is 12.3. The van der Waals surface area contributed by atoms with Crippen molar-refractivity contribution in [3.63, 3.8) is 0 Å². The van der Waals surface area contributed by atoms with Crippen LogP contribution in [-0.4, -0.2) is 40.0 Å². The van der Waals surface area contributed by atoms with Crippen molar-refractivity contribution in [1.82, 2.24) is 4.90 Å². The van der Waals surface area contributed by atoms with Crippen molar-refractivity contribution in [3.8, 4) is 0 Å². The van der Waals surface area contributed by atoms with Crippen LogP contribution in [0.3, 0.4) is 0 Å². The highest BCUT2D eigenvalue weighted by Gasteiger charge is 2.20. The lowest BCUT2D eigenvalue weighted by molar-refractivity contribution is -0.385. The summed E-state index contributed by atoms with van der Waals surface area (Å²) in [7, 11) is 0. The van der Waals surface area contributed by atoms with E-state index >= 15 is 0 Å². The van der Waals surface area contributed by atoms with Gasteiger partial charge < -0.3 is 10.0 Å². The van der Waals surface area contributed by atoms with Crippen LogP contribution in [0, 0.1) is 17.0 Å². The van der Waals surface area contributed by atoms with Crippen LogP contribution in [0.1, 0.15) is 29.8 Å². The van der Waals surface area contributed by atoms with Crippen LogP contribution >= 0.6 is 0 Å². The Morgan fingerprint density at radius 2 is 2.11 bits per heavy atom. The number of carbonyl (C=O) groups excluding carboxylic acids is 1. The van der Waals surface area contributed by atoms with Crippen molar-refractivity contribution in [3.05, 3.63) is 39.4 Å². The molecule has 0 aromatic heterocycles. The Morgan fingerprint density at radius 1 is 1.47 bits per heavy atom. The van der Waals surface area contributed by atoms with Gasteiger partial charge in [-0.15, -0.1) is 0 Å². The first kappa shape index (κ1) is 15.1. The zero-order chi connectivity index (χ0) is 14.6. The summed E-state index contributed by atoms with van der Waals surface area (Å²) >= 11 is 0. The molecule has 0 bridgehead atoms. The van der Waals surface area contributed by atoms with Crippen molar-refractivity contribution >= 4 is 11.6 Å². The second-order valence-electron chi connectivity index (χ2n) is 4.57. The van der Waals surface area contributed by atoms with E-state index in [0.29, 0.717) is 11.1 Å². The number of amides is 1. The Kier molecular flexibility index (Phi) is 5.00. The molecule has 0 radical (unpaired) electrons. The van der Waals surface area contributed by atoms with Gasteiger partial charge in [-0.25, -0.2) is 0 Å². The topological polar surface area (TPSA) is 83.7 Å². The van der Waals surface area contributed by atoms with Gasteiger partial charge in [-0.2, -0.15) is 0 Å². The molecule has 19 heavy (non-hydrogen) atoms. The van der Waals surface area contributed by atoms with Gasteiger partial charge in [-0.1, -0.05) is 0 Å². The number of hydrogen-bond acceptors (Lipinski definition) is 4. The number of hydrogen-bond donors (Lipinski definition) is 1. The Labute approximate surface area is 111 Å². The normalized spacial score (nSPS) is 10.6. The standard InChI is InChI=1S/C13H18N2O4/c1-9(2)14(6-7-16)13(17)11-4-5-12(15(18)19)10(3)8-11/h4-5,8-9,16H,6-7H2,1-3H3. The first-order chi connectivity index (χ1) is 8.88. The highest BCUT2D eigenvalue weighted by atomic mass is 16.6. The molecule has 6 nitrogen and oxygen atoms in total. The van der Waals surface area contributed by atoms with Gasteiger partial charge in [0.15, 0.2) is 0 Å². The summed E-state index contributed by atoms with van der Waals surface area (Å²) in [5.41, 5.74) is 0.837. The van der Waals surface area contributed by atoms with E-state index in [1.807, 2.05) is 13.8 Å². The second kappa shape index (κ2) is 6.29. The minimum atomic E-state index is -0.475. The largest absolute Gasteiger partial charge is 0.395 e. The smallest absolute Gasteiger partial charge is 0.272 e. The summed E-state index contributed by atoms with van der Waals surface area (Å²) in [5, 5.41) is 19.7. The molecule has 1 N–H and O–H groups in total. The third-order valence-electron chi connectivity index (χ3n) is 2.87. The number of aliphatic hydroxyl groups is 1. The molecule has 1 aromatic carbocycles. The lowest BCUT2D eigenvalue weighted by Gasteiger charge is -2.26. The Hall–Kier alpha value is -1.95. The van der Waals surface area contributed by atoms with E-state index in [1.165, 1.54) is 23.1 Å². The van der Waals surface area contributed by atoms with Gasteiger partial charge in [0, 0.05) is 29.8 Å². The van der Waals surface area contributed by atoms with E-state index < -0.39 is 4.92 Å². The average Bonchev–Trinajstić information content (AvgIpc) is 2.34. The molecule has 0 atom stereocenters. The number of nitro benzene ring substituents is 1. The van der Waals surface area contributed by atoms with Crippen LogP contribution in [0.25, 0.3) is 0 Å². The molecular formula is C13H18N2O4. The molecule has 0 aliphatic heterocycles. The Morgan fingerprint density at radius 3 is 2.53 bits per heavy atom. The lowest BCUT2D eigenvalue weighted by atomic mass is 10.1. The van der Waals surface area contributed by atoms with Crippen molar-refractivity contribution in [1.29, 1.82) is 0 Å². The van der Waals surface area contributed by atoms with Gasteiger partial charge in [0.2, 0.25) is 0 Å². The molecule has 0 aliphatic rings. The number of aryl methyl sites for hydroxylation is 1. The van der Waals surface area contributed by atoms with E-state index in [4.69, 9.17) is 5.11 Å². The highest BCUT2D eigenvalue weighted by molar-refractivity contribution is 5.95. The van der Waals surface area contributed by atoms with Crippen LogP contribution in [0.15, 0.2) is 18.2 Å². The summed E-state index contributed by atoms with van der Waals surface area (Å²) < 4.78 is 0. The van der Waals surface area contributed by atoms with Crippen LogP contribution in [0.4, 0.5) is 5.69 Å². The van der Waals surface area contributed by atoms with Crippen LogP contribution in [0.2, 0.25) is 0 Å². The average molecular weight is 266 g/mol. The molecule has 0 saturated carbocycles. The summed E-state index contributed by atoms with van der Waals surface area (Å²) in [6, 6.07) is 4.24. The first-order valence-corrected chi connectivity index (χ1v) is 6.05. The number of benzene rings is 1. The molecule has 6 heteroatoms. The molecule has 0 spiro atoms. The second-order valence-corrected chi connectivity index (χ2v) is 4.57. The summed E-state index contributed by atoms with van der Waals surface area (Å²) in [4.78, 5) is 24.0. The maximum Gasteiger partial charge on any atom is 0.272 e. The fraction of sp³-hybridized carbons (Fsp3) is 0.462. The highest BCUT2D eigenvalue weighted by Crippen LogP contribution is 2.20. The molecule has 1 rings (SSSR count). The maximum absolute atomic E-state index is 12.3. The number of nitrogens with zero attached hydrogens (tertiary/aromatic N) is 2. The van der Waals surface area contributed by atoms with Crippen molar-refractivity contribution in [2.45, 2.75) is 26.8 Å². The van der Waals surface area contributed by atoms with Crippen molar-refractivity contribution in [2.75, 3.05) is 13.2 Å². The Balaban J connectivity index is 3.05. The monoisotopic (exact) mass is 266 g/mol. The summed E-state index contributed by atoms with van der Waals surface area (Å²) in [6.07, 6.45) is 0. The van der Waals surface area contributed by atoms with Gasteiger partial charge >= 0.3 is 0 Å². The Bertz CT molecular complexity index is 486. The number of rotatable bonds is 5. The zero-order valence-electron chi connectivity index (χ0n) is 11.3. The van der Waals surface area contributed by atoms with E-state index in [9.17, 15) is 14.9 Å². The molecule has 0 unspecified atom stereocenters. The predicted octanol–water partition coefficient (Wildman–Crippen LogP) is 1.75. The van der Waals surface area contributed by atoms with E-state index in [2.05, 4.69) is 0 Å². The van der Waals surface area contributed by atoms with Gasteiger partial charge in [0.25, 0.3) is 11.6 Å². The molecule has 1 aromatic rings. The number of aliphatic hydroxyl groups excluding tert-OH is 1. The predicted molar refractivity (Wildman–Crippen MR) is 71.1 cm³/mol. The molecule has 0 aliphatic carbocycles. The van der Waals surface area contributed by atoms with Gasteiger partial charge in [0.05, 0.1) is 11.5 Å². The zero-order valence-corrected chi connectivity index (χ0v) is 11.3. The number of carbonyl (C=O) groups is 1. The summed E-state index contributed by atoms with van der Waals surface area (Å²) in [5.74, 6) is -0.234. The fourth-order valence-electron chi connectivity index (χ4n) is 1.86. The van der Waals surface area contributed by atoms with Gasteiger partial charge in [0.1, 0.15) is 0 Å². The third kappa shape index (κ3) is 3.51. The molecule has 1 amide bonds. The molecule has 0 heterocycles. The van der Waals surface area contributed by atoms with Crippen molar-refractivity contribution in [2.24, 2.45) is 0 Å². The van der Waals surface area contributed by atoms with Crippen LogP contribution in [-0.2, 0) is 0 Å². The molecule has 0 fully saturated rings. The van der Waals surface area contributed by atoms with Crippen molar-refractivity contribution < 1.29 is 14.8 Å².